The zero-order valence-corrected chi connectivity index (χ0v) is 6.71. The van der Waals surface area contributed by atoms with Crippen LogP contribution in [0.4, 0.5) is 4.79 Å². The fourth-order valence-electron chi connectivity index (χ4n) is 1.24. The summed E-state index contributed by atoms with van der Waals surface area (Å²) in [6.07, 6.45) is 0.414. The molecular formula is C7H12N2O3. The molecule has 1 rings (SSSR count). The summed E-state index contributed by atoms with van der Waals surface area (Å²) in [6, 6.07) is 0. The minimum Gasteiger partial charge on any atom is -0.376 e. The second-order valence-electron chi connectivity index (χ2n) is 2.76. The van der Waals surface area contributed by atoms with Crippen LogP contribution in [0.5, 0.6) is 0 Å². The summed E-state index contributed by atoms with van der Waals surface area (Å²) < 4.78 is 4.26. The van der Waals surface area contributed by atoms with Gasteiger partial charge in [0.15, 0.2) is 0 Å². The van der Waals surface area contributed by atoms with Gasteiger partial charge < -0.3 is 15.8 Å². The van der Waals surface area contributed by atoms with E-state index in [0.717, 1.165) is 13.1 Å². The molecule has 0 aromatic heterocycles. The average molecular weight is 172 g/mol. The Morgan fingerprint density at radius 2 is 1.92 bits per heavy atom. The number of carbonyl (C=O) groups excluding carboxylic acids is 2. The van der Waals surface area contributed by atoms with Gasteiger partial charge in [0.2, 0.25) is 0 Å². The SMILES string of the molecule is NC(=O)OC(=O)C1CCNCC1. The topological polar surface area (TPSA) is 81.4 Å². The van der Waals surface area contributed by atoms with Crippen molar-refractivity contribution in [1.82, 2.24) is 5.32 Å². The Hall–Kier alpha value is -1.10. The summed E-state index contributed by atoms with van der Waals surface area (Å²) in [7, 11) is 0. The van der Waals surface area contributed by atoms with E-state index in [-0.39, 0.29) is 5.92 Å². The van der Waals surface area contributed by atoms with Crippen LogP contribution in [0.25, 0.3) is 0 Å². The number of hydrogen-bond acceptors (Lipinski definition) is 4. The zero-order chi connectivity index (χ0) is 8.97. The highest BCUT2D eigenvalue weighted by Gasteiger charge is 2.23. The van der Waals surface area contributed by atoms with Crippen LogP contribution in [0.1, 0.15) is 12.8 Å². The molecule has 1 saturated heterocycles. The number of piperidine rings is 1. The van der Waals surface area contributed by atoms with Gasteiger partial charge in [-0.05, 0) is 25.9 Å². The fourth-order valence-corrected chi connectivity index (χ4v) is 1.24. The smallest absolute Gasteiger partial charge is 0.376 e. The van der Waals surface area contributed by atoms with E-state index in [0.29, 0.717) is 12.8 Å². The number of nitrogens with one attached hydrogen (secondary N) is 1. The van der Waals surface area contributed by atoms with Crippen LogP contribution < -0.4 is 11.1 Å². The van der Waals surface area contributed by atoms with E-state index in [4.69, 9.17) is 5.73 Å². The highest BCUT2D eigenvalue weighted by Crippen LogP contribution is 2.12. The van der Waals surface area contributed by atoms with Gasteiger partial charge >= 0.3 is 12.1 Å². The van der Waals surface area contributed by atoms with Crippen LogP contribution >= 0.6 is 0 Å². The minimum absolute atomic E-state index is 0.168. The molecule has 3 N–H and O–H groups in total. The molecule has 1 amide bonds. The van der Waals surface area contributed by atoms with Gasteiger partial charge in [0.05, 0.1) is 5.92 Å². The third kappa shape index (κ3) is 2.50. The van der Waals surface area contributed by atoms with Crippen molar-refractivity contribution < 1.29 is 14.3 Å². The molecule has 1 aliphatic rings. The predicted molar refractivity (Wildman–Crippen MR) is 41.3 cm³/mol. The molecule has 0 aromatic carbocycles. The molecule has 0 radical (unpaired) electrons. The molecule has 12 heavy (non-hydrogen) atoms. The molecule has 5 nitrogen and oxygen atoms in total. The number of amides is 1. The van der Waals surface area contributed by atoms with E-state index in [1.165, 1.54) is 0 Å². The van der Waals surface area contributed by atoms with Crippen molar-refractivity contribution in [3.05, 3.63) is 0 Å². The molecule has 1 heterocycles. The van der Waals surface area contributed by atoms with Gasteiger partial charge in [0.1, 0.15) is 0 Å². The standard InChI is InChI=1S/C7H12N2O3/c8-7(11)12-6(10)5-1-3-9-4-2-5/h5,9H,1-4H2,(H2,8,11). The highest BCUT2D eigenvalue weighted by atomic mass is 16.6. The summed E-state index contributed by atoms with van der Waals surface area (Å²) in [5.74, 6) is -0.664. The zero-order valence-electron chi connectivity index (χ0n) is 6.71. The molecule has 0 saturated carbocycles. The predicted octanol–water partition coefficient (Wildman–Crippen LogP) is -0.392. The Labute approximate surface area is 70.2 Å². The van der Waals surface area contributed by atoms with Crippen molar-refractivity contribution in [2.45, 2.75) is 12.8 Å². The quantitative estimate of drug-likeness (QED) is 0.417. The minimum atomic E-state index is -1.02. The molecule has 0 unspecified atom stereocenters. The first kappa shape index (κ1) is 8.99. The first-order valence-electron chi connectivity index (χ1n) is 3.92. The lowest BCUT2D eigenvalue weighted by Gasteiger charge is -2.19. The van der Waals surface area contributed by atoms with E-state index in [1.807, 2.05) is 0 Å². The summed E-state index contributed by atoms with van der Waals surface area (Å²) in [4.78, 5) is 21.3. The number of primary amides is 1. The van der Waals surface area contributed by atoms with Crippen molar-refractivity contribution in [2.75, 3.05) is 13.1 Å². The lowest BCUT2D eigenvalue weighted by Crippen LogP contribution is -2.34. The maximum absolute atomic E-state index is 11.1. The maximum atomic E-state index is 11.1. The largest absolute Gasteiger partial charge is 0.412 e. The van der Waals surface area contributed by atoms with Gasteiger partial charge in [-0.3, -0.25) is 4.79 Å². The molecule has 0 atom stereocenters. The summed E-state index contributed by atoms with van der Waals surface area (Å²) in [5, 5.41) is 3.10. The van der Waals surface area contributed by atoms with Gasteiger partial charge in [-0.15, -0.1) is 0 Å². The van der Waals surface area contributed by atoms with Crippen LogP contribution in [-0.2, 0) is 9.53 Å². The molecule has 0 spiro atoms. The molecule has 1 aliphatic heterocycles. The van der Waals surface area contributed by atoms with Crippen LogP contribution in [0.2, 0.25) is 0 Å². The van der Waals surface area contributed by atoms with Crippen molar-refractivity contribution in [2.24, 2.45) is 11.7 Å². The molecule has 0 aromatic rings. The maximum Gasteiger partial charge on any atom is 0.412 e. The Morgan fingerprint density at radius 1 is 1.33 bits per heavy atom. The van der Waals surface area contributed by atoms with Gasteiger partial charge in [-0.1, -0.05) is 0 Å². The summed E-state index contributed by atoms with van der Waals surface area (Å²) in [6.45, 7) is 1.58. The van der Waals surface area contributed by atoms with Crippen LogP contribution in [-0.4, -0.2) is 25.2 Å². The van der Waals surface area contributed by atoms with Gasteiger partial charge in [-0.2, -0.15) is 0 Å². The fraction of sp³-hybridized carbons (Fsp3) is 0.714. The van der Waals surface area contributed by atoms with E-state index >= 15 is 0 Å². The summed E-state index contributed by atoms with van der Waals surface area (Å²) >= 11 is 0. The van der Waals surface area contributed by atoms with E-state index in [2.05, 4.69) is 10.1 Å². The average Bonchev–Trinajstić information content (AvgIpc) is 2.05. The molecular weight excluding hydrogens is 160 g/mol. The number of ether oxygens (including phenoxy) is 1. The first-order chi connectivity index (χ1) is 5.70. The lowest BCUT2D eigenvalue weighted by molar-refractivity contribution is -0.142. The Morgan fingerprint density at radius 3 is 2.42 bits per heavy atom. The van der Waals surface area contributed by atoms with E-state index < -0.39 is 12.1 Å². The highest BCUT2D eigenvalue weighted by molar-refractivity contribution is 5.85. The Balaban J connectivity index is 2.34. The van der Waals surface area contributed by atoms with Gasteiger partial charge in [-0.25, -0.2) is 4.79 Å². The molecule has 0 aliphatic carbocycles. The Bertz CT molecular complexity index is 187. The number of hydrogen-bond donors (Lipinski definition) is 2. The van der Waals surface area contributed by atoms with Crippen LogP contribution in [0.3, 0.4) is 0 Å². The monoisotopic (exact) mass is 172 g/mol. The number of esters is 1. The normalized spacial score (nSPS) is 18.7. The van der Waals surface area contributed by atoms with E-state index in [1.54, 1.807) is 0 Å². The van der Waals surface area contributed by atoms with Gasteiger partial charge in [0.25, 0.3) is 0 Å². The molecule has 5 heteroatoms. The van der Waals surface area contributed by atoms with E-state index in [9.17, 15) is 9.59 Å². The number of carbonyl (C=O) groups is 2. The van der Waals surface area contributed by atoms with Crippen molar-refractivity contribution in [3.8, 4) is 0 Å². The molecule has 68 valence electrons. The molecule has 0 bridgehead atoms. The first-order valence-corrected chi connectivity index (χ1v) is 3.92. The van der Waals surface area contributed by atoms with Crippen LogP contribution in [0.15, 0.2) is 0 Å². The van der Waals surface area contributed by atoms with Crippen molar-refractivity contribution in [1.29, 1.82) is 0 Å². The third-order valence-electron chi connectivity index (χ3n) is 1.87. The number of nitrogens with two attached hydrogens (primary N) is 1. The summed E-state index contributed by atoms with van der Waals surface area (Å²) in [5.41, 5.74) is 4.70. The van der Waals surface area contributed by atoms with Gasteiger partial charge in [0, 0.05) is 0 Å². The second-order valence-corrected chi connectivity index (χ2v) is 2.76. The second kappa shape index (κ2) is 4.06. The van der Waals surface area contributed by atoms with Crippen molar-refractivity contribution in [3.63, 3.8) is 0 Å². The lowest BCUT2D eigenvalue weighted by atomic mass is 9.99. The third-order valence-corrected chi connectivity index (χ3v) is 1.87. The van der Waals surface area contributed by atoms with Crippen LogP contribution in [0, 0.1) is 5.92 Å². The number of rotatable bonds is 1. The Kier molecular flexibility index (Phi) is 3.04. The molecule has 1 fully saturated rings. The van der Waals surface area contributed by atoms with Crippen molar-refractivity contribution >= 4 is 12.1 Å².